The van der Waals surface area contributed by atoms with Crippen LogP contribution in [0.5, 0.6) is 0 Å². The minimum Gasteiger partial charge on any atom is -0.274 e. The maximum atomic E-state index is 12.2. The average Bonchev–Trinajstić information content (AvgIpc) is 2.77. The Bertz CT molecular complexity index is 698. The molecule has 0 radical (unpaired) electrons. The number of nitrogens with zero attached hydrogens (tertiary/aromatic N) is 3. The standard InChI is InChI=1S/C16H15N3O2S/c1-11-7-8-17-16(18-11)22-10-4-9-19-14(20)12-5-2-3-6-13(12)15(19)21/h2-3,5-8H,4,9-10H2,1H3. The summed E-state index contributed by atoms with van der Waals surface area (Å²) in [5, 5.41) is 0.724. The van der Waals surface area contributed by atoms with Gasteiger partial charge in [-0.25, -0.2) is 9.97 Å². The van der Waals surface area contributed by atoms with Crippen LogP contribution < -0.4 is 0 Å². The van der Waals surface area contributed by atoms with Crippen molar-refractivity contribution in [1.29, 1.82) is 0 Å². The van der Waals surface area contributed by atoms with Crippen molar-refractivity contribution in [3.63, 3.8) is 0 Å². The molecule has 6 heteroatoms. The molecular weight excluding hydrogens is 298 g/mol. The number of rotatable bonds is 5. The minimum atomic E-state index is -0.197. The van der Waals surface area contributed by atoms with Gasteiger partial charge in [0.1, 0.15) is 0 Å². The fourth-order valence-corrected chi connectivity index (χ4v) is 3.12. The van der Waals surface area contributed by atoms with Gasteiger partial charge in [-0.15, -0.1) is 0 Å². The van der Waals surface area contributed by atoms with E-state index >= 15 is 0 Å². The van der Waals surface area contributed by atoms with Gasteiger partial charge in [-0.1, -0.05) is 23.9 Å². The predicted octanol–water partition coefficient (Wildman–Crippen LogP) is 2.56. The second-order valence-electron chi connectivity index (χ2n) is 4.99. The first kappa shape index (κ1) is 14.7. The smallest absolute Gasteiger partial charge is 0.261 e. The van der Waals surface area contributed by atoms with Gasteiger partial charge in [0.15, 0.2) is 5.16 Å². The number of aromatic nitrogens is 2. The predicted molar refractivity (Wildman–Crippen MR) is 83.9 cm³/mol. The molecule has 0 atom stereocenters. The zero-order chi connectivity index (χ0) is 15.5. The van der Waals surface area contributed by atoms with E-state index in [2.05, 4.69) is 9.97 Å². The molecule has 3 rings (SSSR count). The quantitative estimate of drug-likeness (QED) is 0.367. The largest absolute Gasteiger partial charge is 0.274 e. The Morgan fingerprint density at radius 1 is 1.09 bits per heavy atom. The number of thioether (sulfide) groups is 1. The third kappa shape index (κ3) is 2.87. The normalized spacial score (nSPS) is 13.6. The summed E-state index contributed by atoms with van der Waals surface area (Å²) in [4.78, 5) is 34.2. The maximum absolute atomic E-state index is 12.2. The Morgan fingerprint density at radius 3 is 2.41 bits per heavy atom. The summed E-state index contributed by atoms with van der Waals surface area (Å²) in [6.45, 7) is 2.34. The highest BCUT2D eigenvalue weighted by molar-refractivity contribution is 7.99. The summed E-state index contributed by atoms with van der Waals surface area (Å²) < 4.78 is 0. The van der Waals surface area contributed by atoms with E-state index in [0.29, 0.717) is 24.1 Å². The minimum absolute atomic E-state index is 0.197. The van der Waals surface area contributed by atoms with Crippen LogP contribution in [0.15, 0.2) is 41.7 Å². The molecule has 0 fully saturated rings. The summed E-state index contributed by atoms with van der Waals surface area (Å²) in [5.41, 5.74) is 1.93. The molecule has 5 nitrogen and oxygen atoms in total. The van der Waals surface area contributed by atoms with Crippen LogP contribution in [0, 0.1) is 6.92 Å². The van der Waals surface area contributed by atoms with Crippen molar-refractivity contribution in [3.8, 4) is 0 Å². The van der Waals surface area contributed by atoms with Crippen molar-refractivity contribution >= 4 is 23.6 Å². The Morgan fingerprint density at radius 2 is 1.77 bits per heavy atom. The average molecular weight is 313 g/mol. The molecule has 22 heavy (non-hydrogen) atoms. The Hall–Kier alpha value is -2.21. The van der Waals surface area contributed by atoms with Crippen LogP contribution >= 0.6 is 11.8 Å². The molecule has 0 unspecified atom stereocenters. The molecule has 2 aromatic rings. The number of carbonyl (C=O) groups excluding carboxylic acids is 2. The van der Waals surface area contributed by atoms with Gasteiger partial charge in [0.05, 0.1) is 11.1 Å². The van der Waals surface area contributed by atoms with Gasteiger partial charge < -0.3 is 0 Å². The van der Waals surface area contributed by atoms with Crippen LogP contribution in [0.25, 0.3) is 0 Å². The van der Waals surface area contributed by atoms with E-state index in [9.17, 15) is 9.59 Å². The number of imide groups is 1. The summed E-state index contributed by atoms with van der Waals surface area (Å²) in [7, 11) is 0. The summed E-state index contributed by atoms with van der Waals surface area (Å²) in [5.74, 6) is 0.367. The molecule has 0 N–H and O–H groups in total. The molecule has 1 aromatic heterocycles. The molecule has 0 bridgehead atoms. The SMILES string of the molecule is Cc1ccnc(SCCCN2C(=O)c3ccccc3C2=O)n1. The number of amides is 2. The number of aryl methyl sites for hydroxylation is 1. The first-order valence-electron chi connectivity index (χ1n) is 7.04. The zero-order valence-electron chi connectivity index (χ0n) is 12.2. The van der Waals surface area contributed by atoms with Crippen molar-refractivity contribution in [2.75, 3.05) is 12.3 Å². The molecule has 2 amide bonds. The van der Waals surface area contributed by atoms with Crippen LogP contribution in [-0.2, 0) is 0 Å². The highest BCUT2D eigenvalue weighted by Crippen LogP contribution is 2.23. The van der Waals surface area contributed by atoms with Crippen molar-refractivity contribution < 1.29 is 9.59 Å². The Labute approximate surface area is 132 Å². The van der Waals surface area contributed by atoms with Crippen LogP contribution in [-0.4, -0.2) is 39.0 Å². The van der Waals surface area contributed by atoms with Crippen molar-refractivity contribution in [1.82, 2.24) is 14.9 Å². The third-order valence-electron chi connectivity index (χ3n) is 3.41. The van der Waals surface area contributed by atoms with E-state index in [0.717, 1.165) is 16.6 Å². The molecule has 0 aliphatic carbocycles. The molecule has 1 aliphatic heterocycles. The third-order valence-corrected chi connectivity index (χ3v) is 4.36. The van der Waals surface area contributed by atoms with Gasteiger partial charge in [-0.2, -0.15) is 0 Å². The highest BCUT2D eigenvalue weighted by Gasteiger charge is 2.34. The molecule has 1 aliphatic rings. The zero-order valence-corrected chi connectivity index (χ0v) is 13.0. The number of fused-ring (bicyclic) bond motifs is 1. The maximum Gasteiger partial charge on any atom is 0.261 e. The van der Waals surface area contributed by atoms with Gasteiger partial charge in [-0.3, -0.25) is 14.5 Å². The topological polar surface area (TPSA) is 63.2 Å². The molecule has 0 saturated carbocycles. The van der Waals surface area contributed by atoms with Crippen molar-refractivity contribution in [2.45, 2.75) is 18.5 Å². The lowest BCUT2D eigenvalue weighted by atomic mass is 10.1. The van der Waals surface area contributed by atoms with E-state index in [4.69, 9.17) is 0 Å². The van der Waals surface area contributed by atoms with Gasteiger partial charge >= 0.3 is 0 Å². The second-order valence-corrected chi connectivity index (χ2v) is 6.05. The fraction of sp³-hybridized carbons (Fsp3) is 0.250. The lowest BCUT2D eigenvalue weighted by Crippen LogP contribution is -2.31. The summed E-state index contributed by atoms with van der Waals surface area (Å²) in [6.07, 6.45) is 2.45. The van der Waals surface area contributed by atoms with E-state index in [1.54, 1.807) is 30.5 Å². The first-order valence-corrected chi connectivity index (χ1v) is 8.03. The van der Waals surface area contributed by atoms with E-state index in [-0.39, 0.29) is 11.8 Å². The van der Waals surface area contributed by atoms with Gasteiger partial charge in [0.2, 0.25) is 0 Å². The highest BCUT2D eigenvalue weighted by atomic mass is 32.2. The molecule has 0 spiro atoms. The summed E-state index contributed by atoms with van der Waals surface area (Å²) in [6, 6.07) is 8.80. The number of carbonyl (C=O) groups is 2. The van der Waals surface area contributed by atoms with Crippen molar-refractivity contribution in [3.05, 3.63) is 53.3 Å². The van der Waals surface area contributed by atoms with Crippen molar-refractivity contribution in [2.24, 2.45) is 0 Å². The van der Waals surface area contributed by atoms with E-state index < -0.39 is 0 Å². The summed E-state index contributed by atoms with van der Waals surface area (Å²) >= 11 is 1.53. The fourth-order valence-electron chi connectivity index (χ4n) is 2.32. The van der Waals surface area contributed by atoms with E-state index in [1.807, 2.05) is 13.0 Å². The second kappa shape index (κ2) is 6.27. The number of benzene rings is 1. The van der Waals surface area contributed by atoms with E-state index in [1.165, 1.54) is 16.7 Å². The van der Waals surface area contributed by atoms with Gasteiger partial charge in [-0.05, 0) is 31.5 Å². The van der Waals surface area contributed by atoms with Gasteiger partial charge in [0, 0.05) is 24.2 Å². The molecule has 112 valence electrons. The molecule has 2 heterocycles. The monoisotopic (exact) mass is 313 g/mol. The van der Waals surface area contributed by atoms with Crippen LogP contribution in [0.3, 0.4) is 0 Å². The molecule has 0 saturated heterocycles. The first-order chi connectivity index (χ1) is 10.7. The number of hydrogen-bond acceptors (Lipinski definition) is 5. The van der Waals surface area contributed by atoms with Gasteiger partial charge in [0.25, 0.3) is 11.8 Å². The Balaban J connectivity index is 1.55. The lowest BCUT2D eigenvalue weighted by Gasteiger charge is -2.13. The lowest BCUT2D eigenvalue weighted by molar-refractivity contribution is 0.0655. The van der Waals surface area contributed by atoms with Crippen LogP contribution in [0.2, 0.25) is 0 Å². The molecular formula is C16H15N3O2S. The Kier molecular flexibility index (Phi) is 4.20. The van der Waals surface area contributed by atoms with Crippen LogP contribution in [0.4, 0.5) is 0 Å². The number of hydrogen-bond donors (Lipinski definition) is 0. The van der Waals surface area contributed by atoms with Crippen LogP contribution in [0.1, 0.15) is 32.8 Å². The molecule has 1 aromatic carbocycles.